The van der Waals surface area contributed by atoms with Gasteiger partial charge < -0.3 is 5.32 Å². The molecule has 0 saturated carbocycles. The van der Waals surface area contributed by atoms with Crippen molar-refractivity contribution in [2.24, 2.45) is 0 Å². The lowest BCUT2D eigenvalue weighted by Crippen LogP contribution is -2.28. The van der Waals surface area contributed by atoms with Crippen LogP contribution in [0.5, 0.6) is 0 Å². The molecule has 0 aliphatic rings. The van der Waals surface area contributed by atoms with Crippen LogP contribution in [0, 0.1) is 0 Å². The van der Waals surface area contributed by atoms with Crippen molar-refractivity contribution in [3.05, 3.63) is 47.3 Å². The van der Waals surface area contributed by atoms with Crippen LogP contribution in [0.3, 0.4) is 0 Å². The van der Waals surface area contributed by atoms with Gasteiger partial charge in [0.25, 0.3) is 5.91 Å². The molecule has 1 amide bonds. The van der Waals surface area contributed by atoms with E-state index in [0.717, 1.165) is 12.1 Å². The molecule has 0 bridgehead atoms. The molecule has 2 aromatic rings. The number of nitrogens with one attached hydrogen (secondary N) is 1. The third-order valence-corrected chi connectivity index (χ3v) is 4.27. The third-order valence-electron chi connectivity index (χ3n) is 4.27. The number of nitrogens with zero attached hydrogens (tertiary/aromatic N) is 4. The molecule has 0 aliphatic carbocycles. The fourth-order valence-electron chi connectivity index (χ4n) is 2.30. The second-order valence-electron chi connectivity index (χ2n) is 7.68. The number of carbonyl (C=O) groups is 1. The van der Waals surface area contributed by atoms with Crippen molar-refractivity contribution in [1.82, 2.24) is 25.2 Å². The Hall–Kier alpha value is -2.21. The van der Waals surface area contributed by atoms with Crippen molar-refractivity contribution in [2.45, 2.75) is 59.3 Å². The molecule has 0 unspecified atom stereocenters. The highest BCUT2D eigenvalue weighted by atomic mass is 16.2. The summed E-state index contributed by atoms with van der Waals surface area (Å²) in [6.07, 6.45) is 1.69. The van der Waals surface area contributed by atoms with Crippen LogP contribution in [0.4, 0.5) is 0 Å². The number of hydrogen-bond donors (Lipinski definition) is 1. The van der Waals surface area contributed by atoms with Crippen LogP contribution in [-0.2, 0) is 18.6 Å². The lowest BCUT2D eigenvalue weighted by molar-refractivity contribution is 0.0945. The Morgan fingerprint density at radius 1 is 1.24 bits per heavy atom. The van der Waals surface area contributed by atoms with Gasteiger partial charge in [-0.25, -0.2) is 4.68 Å². The van der Waals surface area contributed by atoms with Gasteiger partial charge in [0.2, 0.25) is 0 Å². The molecule has 0 fully saturated rings. The van der Waals surface area contributed by atoms with E-state index in [1.807, 2.05) is 32.9 Å². The van der Waals surface area contributed by atoms with E-state index in [2.05, 4.69) is 53.6 Å². The van der Waals surface area contributed by atoms with E-state index < -0.39 is 0 Å². The average Bonchev–Trinajstić information content (AvgIpc) is 3.04. The van der Waals surface area contributed by atoms with Gasteiger partial charge in [-0.1, -0.05) is 29.5 Å². The molecule has 1 aromatic heterocycles. The summed E-state index contributed by atoms with van der Waals surface area (Å²) >= 11 is 0. The smallest absolute Gasteiger partial charge is 0.273 e. The van der Waals surface area contributed by atoms with Crippen LogP contribution in [0.25, 0.3) is 0 Å². The van der Waals surface area contributed by atoms with Gasteiger partial charge in [-0.3, -0.25) is 9.69 Å². The van der Waals surface area contributed by atoms with Gasteiger partial charge in [-0.2, -0.15) is 0 Å². The molecule has 0 saturated heterocycles. The predicted molar refractivity (Wildman–Crippen MR) is 99.2 cm³/mol. The fourth-order valence-corrected chi connectivity index (χ4v) is 2.30. The van der Waals surface area contributed by atoms with Gasteiger partial charge >= 0.3 is 0 Å². The maximum Gasteiger partial charge on any atom is 0.273 e. The zero-order chi connectivity index (χ0) is 18.6. The summed E-state index contributed by atoms with van der Waals surface area (Å²) in [5, 5.41) is 11.0. The van der Waals surface area contributed by atoms with E-state index in [9.17, 15) is 4.79 Å². The number of aromatic nitrogens is 3. The van der Waals surface area contributed by atoms with Crippen LogP contribution in [0.1, 0.15) is 56.2 Å². The molecule has 0 radical (unpaired) electrons. The molecular formula is C19H29N5O. The van der Waals surface area contributed by atoms with Crippen LogP contribution in [-0.4, -0.2) is 38.9 Å². The van der Waals surface area contributed by atoms with Crippen molar-refractivity contribution in [3.63, 3.8) is 0 Å². The molecule has 1 heterocycles. The Morgan fingerprint density at radius 3 is 2.44 bits per heavy atom. The molecular weight excluding hydrogens is 314 g/mol. The molecule has 1 N–H and O–H groups in total. The monoisotopic (exact) mass is 343 g/mol. The summed E-state index contributed by atoms with van der Waals surface area (Å²) < 4.78 is 1.70. The van der Waals surface area contributed by atoms with E-state index >= 15 is 0 Å². The second-order valence-corrected chi connectivity index (χ2v) is 7.68. The molecule has 6 nitrogen and oxygen atoms in total. The summed E-state index contributed by atoms with van der Waals surface area (Å²) in [7, 11) is 2.10. The van der Waals surface area contributed by atoms with E-state index in [1.54, 1.807) is 10.9 Å². The van der Waals surface area contributed by atoms with Gasteiger partial charge in [-0.05, 0) is 52.8 Å². The minimum absolute atomic E-state index is 0.195. The lowest BCUT2D eigenvalue weighted by Gasteiger charge is -2.22. The maximum absolute atomic E-state index is 12.4. The van der Waals surface area contributed by atoms with Crippen molar-refractivity contribution < 1.29 is 4.79 Å². The van der Waals surface area contributed by atoms with E-state index in [0.29, 0.717) is 18.3 Å². The van der Waals surface area contributed by atoms with E-state index in [4.69, 9.17) is 0 Å². The SMILES string of the molecule is CC(C)N(C)Cc1ccccc1CNC(=O)c1cn(C(C)(C)C)nn1. The number of rotatable bonds is 6. The minimum atomic E-state index is -0.206. The van der Waals surface area contributed by atoms with Crippen molar-refractivity contribution in [3.8, 4) is 0 Å². The highest BCUT2D eigenvalue weighted by Crippen LogP contribution is 2.14. The largest absolute Gasteiger partial charge is 0.347 e. The van der Waals surface area contributed by atoms with Crippen LogP contribution < -0.4 is 5.32 Å². The minimum Gasteiger partial charge on any atom is -0.347 e. The average molecular weight is 343 g/mol. The summed E-state index contributed by atoms with van der Waals surface area (Å²) in [4.78, 5) is 14.6. The first kappa shape index (κ1) is 19.1. The normalized spacial score (nSPS) is 12.0. The molecule has 0 aliphatic heterocycles. The van der Waals surface area contributed by atoms with E-state index in [-0.39, 0.29) is 11.4 Å². The zero-order valence-electron chi connectivity index (χ0n) is 16.1. The quantitative estimate of drug-likeness (QED) is 0.876. The van der Waals surface area contributed by atoms with Crippen molar-refractivity contribution in [1.29, 1.82) is 0 Å². The van der Waals surface area contributed by atoms with Gasteiger partial charge in [0, 0.05) is 19.1 Å². The van der Waals surface area contributed by atoms with Crippen LogP contribution in [0.15, 0.2) is 30.5 Å². The summed E-state index contributed by atoms with van der Waals surface area (Å²) in [6, 6.07) is 8.65. The number of hydrogen-bond acceptors (Lipinski definition) is 4. The van der Waals surface area contributed by atoms with Crippen LogP contribution in [0.2, 0.25) is 0 Å². The van der Waals surface area contributed by atoms with Gasteiger partial charge in [0.05, 0.1) is 11.7 Å². The molecule has 136 valence electrons. The highest BCUT2D eigenvalue weighted by Gasteiger charge is 2.18. The maximum atomic E-state index is 12.4. The third kappa shape index (κ3) is 5.13. The first-order chi connectivity index (χ1) is 11.7. The fraction of sp³-hybridized carbons (Fsp3) is 0.526. The summed E-state index contributed by atoms with van der Waals surface area (Å²) in [5.74, 6) is -0.206. The summed E-state index contributed by atoms with van der Waals surface area (Å²) in [5.41, 5.74) is 2.48. The van der Waals surface area contributed by atoms with Crippen molar-refractivity contribution >= 4 is 5.91 Å². The number of benzene rings is 1. The van der Waals surface area contributed by atoms with Crippen molar-refractivity contribution in [2.75, 3.05) is 7.05 Å². The Bertz CT molecular complexity index is 715. The van der Waals surface area contributed by atoms with E-state index in [1.165, 1.54) is 5.56 Å². The topological polar surface area (TPSA) is 63.1 Å². The molecule has 1 aromatic carbocycles. The molecule has 6 heteroatoms. The summed E-state index contributed by atoms with van der Waals surface area (Å²) in [6.45, 7) is 11.7. The number of carbonyl (C=O) groups excluding carboxylic acids is 1. The van der Waals surface area contributed by atoms with Gasteiger partial charge in [0.15, 0.2) is 5.69 Å². The molecule has 0 atom stereocenters. The molecule has 25 heavy (non-hydrogen) atoms. The Balaban J connectivity index is 2.04. The van der Waals surface area contributed by atoms with Gasteiger partial charge in [-0.15, -0.1) is 5.10 Å². The lowest BCUT2D eigenvalue weighted by atomic mass is 10.1. The molecule has 2 rings (SSSR count). The highest BCUT2D eigenvalue weighted by molar-refractivity contribution is 5.91. The predicted octanol–water partition coefficient (Wildman–Crippen LogP) is 2.80. The second kappa shape index (κ2) is 7.78. The molecule has 0 spiro atoms. The van der Waals surface area contributed by atoms with Crippen LogP contribution >= 0.6 is 0 Å². The van der Waals surface area contributed by atoms with Gasteiger partial charge in [0.1, 0.15) is 0 Å². The first-order valence-corrected chi connectivity index (χ1v) is 8.66. The Labute approximate surface area is 150 Å². The first-order valence-electron chi connectivity index (χ1n) is 8.66. The Morgan fingerprint density at radius 2 is 1.88 bits per heavy atom. The number of amides is 1. The zero-order valence-corrected chi connectivity index (χ0v) is 16.1. The Kier molecular flexibility index (Phi) is 5.95. The standard InChI is InChI=1S/C19H29N5O/c1-14(2)23(6)12-16-10-8-7-9-15(16)11-20-18(25)17-13-24(22-21-17)19(3,4)5/h7-10,13-14H,11-12H2,1-6H3,(H,20,25).